The monoisotopic (exact) mass is 320 g/mol. The molecule has 118 valence electrons. The van der Waals surface area contributed by atoms with Crippen LogP contribution in [0.2, 0.25) is 5.02 Å². The highest BCUT2D eigenvalue weighted by Crippen LogP contribution is 2.35. The Morgan fingerprint density at radius 2 is 1.95 bits per heavy atom. The van der Waals surface area contributed by atoms with Crippen molar-refractivity contribution in [3.8, 4) is 0 Å². The SMILES string of the molecule is CCCNC1CCN(c2ccc(C(F)(F)F)cc2Cl)CC1. The minimum atomic E-state index is -4.35. The molecule has 1 aliphatic heterocycles. The van der Waals surface area contributed by atoms with Crippen LogP contribution in [-0.2, 0) is 6.18 Å². The highest BCUT2D eigenvalue weighted by molar-refractivity contribution is 6.33. The summed E-state index contributed by atoms with van der Waals surface area (Å²) in [5.74, 6) is 0. The molecule has 0 aromatic heterocycles. The Bertz CT molecular complexity index is 468. The first-order valence-electron chi connectivity index (χ1n) is 7.27. The summed E-state index contributed by atoms with van der Waals surface area (Å²) >= 11 is 6.03. The quantitative estimate of drug-likeness (QED) is 0.888. The molecule has 0 amide bonds. The maximum Gasteiger partial charge on any atom is 0.416 e. The number of rotatable bonds is 4. The lowest BCUT2D eigenvalue weighted by Crippen LogP contribution is -2.42. The maximum absolute atomic E-state index is 12.6. The lowest BCUT2D eigenvalue weighted by atomic mass is 10.0. The fourth-order valence-corrected chi connectivity index (χ4v) is 2.91. The topological polar surface area (TPSA) is 15.3 Å². The molecule has 1 aliphatic rings. The second kappa shape index (κ2) is 6.88. The molecule has 1 heterocycles. The molecular weight excluding hydrogens is 301 g/mol. The van der Waals surface area contributed by atoms with E-state index in [2.05, 4.69) is 17.1 Å². The number of benzene rings is 1. The van der Waals surface area contributed by atoms with E-state index in [1.165, 1.54) is 6.07 Å². The van der Waals surface area contributed by atoms with Gasteiger partial charge in [0.2, 0.25) is 0 Å². The van der Waals surface area contributed by atoms with E-state index in [4.69, 9.17) is 11.6 Å². The van der Waals surface area contributed by atoms with Crippen molar-refractivity contribution in [1.82, 2.24) is 5.32 Å². The number of hydrogen-bond donors (Lipinski definition) is 1. The van der Waals surface area contributed by atoms with Crippen molar-refractivity contribution >= 4 is 17.3 Å². The van der Waals surface area contributed by atoms with Crippen LogP contribution in [0.3, 0.4) is 0 Å². The van der Waals surface area contributed by atoms with Crippen LogP contribution in [-0.4, -0.2) is 25.7 Å². The molecule has 0 unspecified atom stereocenters. The van der Waals surface area contributed by atoms with E-state index in [0.29, 0.717) is 11.7 Å². The Hall–Kier alpha value is -0.940. The number of piperidine rings is 1. The average Bonchev–Trinajstić information content (AvgIpc) is 2.45. The maximum atomic E-state index is 12.6. The molecule has 0 saturated carbocycles. The van der Waals surface area contributed by atoms with Gasteiger partial charge in [-0.1, -0.05) is 18.5 Å². The second-order valence-electron chi connectivity index (χ2n) is 5.38. The first-order valence-corrected chi connectivity index (χ1v) is 7.64. The van der Waals surface area contributed by atoms with Crippen LogP contribution in [0.1, 0.15) is 31.7 Å². The van der Waals surface area contributed by atoms with E-state index in [-0.39, 0.29) is 5.02 Å². The number of alkyl halides is 3. The summed E-state index contributed by atoms with van der Waals surface area (Å²) in [4.78, 5) is 2.06. The molecule has 1 aromatic carbocycles. The Labute approximate surface area is 128 Å². The summed E-state index contributed by atoms with van der Waals surface area (Å²) in [6, 6.07) is 4.08. The average molecular weight is 321 g/mol. The van der Waals surface area contributed by atoms with Crippen molar-refractivity contribution in [3.05, 3.63) is 28.8 Å². The number of nitrogens with zero attached hydrogens (tertiary/aromatic N) is 1. The van der Waals surface area contributed by atoms with Gasteiger partial charge < -0.3 is 10.2 Å². The van der Waals surface area contributed by atoms with Crippen LogP contribution in [0.15, 0.2) is 18.2 Å². The summed E-state index contributed by atoms with van der Waals surface area (Å²) in [6.45, 7) is 4.76. The van der Waals surface area contributed by atoms with Gasteiger partial charge in [-0.3, -0.25) is 0 Å². The van der Waals surface area contributed by atoms with Crippen LogP contribution in [0.25, 0.3) is 0 Å². The van der Waals surface area contributed by atoms with Crippen molar-refractivity contribution in [2.75, 3.05) is 24.5 Å². The van der Waals surface area contributed by atoms with Crippen LogP contribution >= 0.6 is 11.6 Å². The summed E-state index contributed by atoms with van der Waals surface area (Å²) in [7, 11) is 0. The van der Waals surface area contributed by atoms with Crippen molar-refractivity contribution in [3.63, 3.8) is 0 Å². The highest BCUT2D eigenvalue weighted by Gasteiger charge is 2.31. The summed E-state index contributed by atoms with van der Waals surface area (Å²) in [6.07, 6.45) is -1.28. The Morgan fingerprint density at radius 3 is 2.48 bits per heavy atom. The predicted molar refractivity (Wildman–Crippen MR) is 80.0 cm³/mol. The highest BCUT2D eigenvalue weighted by atomic mass is 35.5. The fourth-order valence-electron chi connectivity index (χ4n) is 2.61. The van der Waals surface area contributed by atoms with E-state index in [9.17, 15) is 13.2 Å². The molecular formula is C15H20ClF3N2. The summed E-state index contributed by atoms with van der Waals surface area (Å²) < 4.78 is 37.9. The zero-order chi connectivity index (χ0) is 15.5. The molecule has 0 spiro atoms. The van der Waals surface area contributed by atoms with Gasteiger partial charge in [-0.25, -0.2) is 0 Å². The van der Waals surface area contributed by atoms with Crippen molar-refractivity contribution in [1.29, 1.82) is 0 Å². The molecule has 6 heteroatoms. The molecule has 2 nitrogen and oxygen atoms in total. The largest absolute Gasteiger partial charge is 0.416 e. The van der Waals surface area contributed by atoms with Crippen molar-refractivity contribution in [2.45, 2.75) is 38.4 Å². The van der Waals surface area contributed by atoms with Crippen LogP contribution in [0.4, 0.5) is 18.9 Å². The standard InChI is InChI=1S/C15H20ClF3N2/c1-2-7-20-12-5-8-21(9-6-12)14-4-3-11(10-13(14)16)15(17,18)19/h3-4,10,12,20H,2,5-9H2,1H3. The number of hydrogen-bond acceptors (Lipinski definition) is 2. The van der Waals surface area contributed by atoms with Gasteiger partial charge in [0.1, 0.15) is 0 Å². The third kappa shape index (κ3) is 4.27. The number of halogens is 4. The lowest BCUT2D eigenvalue weighted by Gasteiger charge is -2.34. The molecule has 2 rings (SSSR count). The zero-order valence-electron chi connectivity index (χ0n) is 12.0. The molecule has 0 atom stereocenters. The van der Waals surface area contributed by atoms with Gasteiger partial charge in [0, 0.05) is 19.1 Å². The van der Waals surface area contributed by atoms with Gasteiger partial charge in [-0.05, 0) is 44.0 Å². The zero-order valence-corrected chi connectivity index (χ0v) is 12.8. The molecule has 1 fully saturated rings. The number of anilines is 1. The summed E-state index contributed by atoms with van der Waals surface area (Å²) in [5.41, 5.74) is -0.00523. The van der Waals surface area contributed by atoms with Crippen LogP contribution in [0, 0.1) is 0 Å². The molecule has 0 radical (unpaired) electrons. The summed E-state index contributed by atoms with van der Waals surface area (Å²) in [5, 5.41) is 3.65. The normalized spacial score (nSPS) is 17.3. The molecule has 1 N–H and O–H groups in total. The van der Waals surface area contributed by atoms with Crippen LogP contribution in [0.5, 0.6) is 0 Å². The Balaban J connectivity index is 2.00. The minimum Gasteiger partial charge on any atom is -0.370 e. The smallest absolute Gasteiger partial charge is 0.370 e. The van der Waals surface area contributed by atoms with Crippen molar-refractivity contribution in [2.24, 2.45) is 0 Å². The van der Waals surface area contributed by atoms with E-state index in [0.717, 1.165) is 51.0 Å². The molecule has 0 bridgehead atoms. The van der Waals surface area contributed by atoms with E-state index >= 15 is 0 Å². The van der Waals surface area contributed by atoms with Gasteiger partial charge in [-0.2, -0.15) is 13.2 Å². The van der Waals surface area contributed by atoms with Crippen LogP contribution < -0.4 is 10.2 Å². The van der Waals surface area contributed by atoms with Gasteiger partial charge >= 0.3 is 6.18 Å². The molecule has 1 aromatic rings. The first-order chi connectivity index (χ1) is 9.91. The minimum absolute atomic E-state index is 0.171. The van der Waals surface area contributed by atoms with Gasteiger partial charge in [0.05, 0.1) is 16.3 Å². The Kier molecular flexibility index (Phi) is 5.38. The third-order valence-electron chi connectivity index (χ3n) is 3.79. The first kappa shape index (κ1) is 16.4. The van der Waals surface area contributed by atoms with E-state index in [1.807, 2.05) is 0 Å². The van der Waals surface area contributed by atoms with Crippen molar-refractivity contribution < 1.29 is 13.2 Å². The Morgan fingerprint density at radius 1 is 1.29 bits per heavy atom. The van der Waals surface area contributed by atoms with Gasteiger partial charge in [0.25, 0.3) is 0 Å². The molecule has 0 aliphatic carbocycles. The van der Waals surface area contributed by atoms with Gasteiger partial charge in [0.15, 0.2) is 0 Å². The molecule has 21 heavy (non-hydrogen) atoms. The fraction of sp³-hybridized carbons (Fsp3) is 0.600. The lowest BCUT2D eigenvalue weighted by molar-refractivity contribution is -0.137. The second-order valence-corrected chi connectivity index (χ2v) is 5.79. The van der Waals surface area contributed by atoms with Gasteiger partial charge in [-0.15, -0.1) is 0 Å². The third-order valence-corrected chi connectivity index (χ3v) is 4.10. The molecule has 1 saturated heterocycles. The number of nitrogens with one attached hydrogen (secondary N) is 1. The van der Waals surface area contributed by atoms with E-state index in [1.54, 1.807) is 0 Å². The van der Waals surface area contributed by atoms with E-state index < -0.39 is 11.7 Å². The predicted octanol–water partition coefficient (Wildman–Crippen LogP) is 4.33.